The van der Waals surface area contributed by atoms with Gasteiger partial charge >= 0.3 is 0 Å². The third-order valence-corrected chi connectivity index (χ3v) is 4.11. The second-order valence-electron chi connectivity index (χ2n) is 5.71. The number of nitrogens with zero attached hydrogens (tertiary/aromatic N) is 1. The number of ether oxygens (including phenoxy) is 1. The number of hydrogen-bond acceptors (Lipinski definition) is 5. The van der Waals surface area contributed by atoms with Gasteiger partial charge in [-0.1, -0.05) is 0 Å². The highest BCUT2D eigenvalue weighted by Gasteiger charge is 2.19. The molecule has 1 atom stereocenters. The SMILES string of the molecule is Cc1cc(NCc2ccco2)c(C=O)c(=O)n1C[C@@H]1CCCO1. The van der Waals surface area contributed by atoms with Crippen molar-refractivity contribution in [2.75, 3.05) is 11.9 Å². The standard InChI is InChI=1S/C17H20N2O4/c1-12-8-16(18-9-13-4-2-6-22-13)15(11-20)17(21)19(12)10-14-5-3-7-23-14/h2,4,6,8,11,14,18H,3,5,7,9-10H2,1H3/t14-/m0/s1. The molecule has 23 heavy (non-hydrogen) atoms. The summed E-state index contributed by atoms with van der Waals surface area (Å²) in [5.41, 5.74) is 1.19. The van der Waals surface area contributed by atoms with Gasteiger partial charge in [-0.25, -0.2) is 0 Å². The lowest BCUT2D eigenvalue weighted by Gasteiger charge is -2.17. The van der Waals surface area contributed by atoms with E-state index in [0.29, 0.717) is 25.1 Å². The summed E-state index contributed by atoms with van der Waals surface area (Å²) in [6.07, 6.45) is 4.20. The van der Waals surface area contributed by atoms with Crippen molar-refractivity contribution in [3.8, 4) is 0 Å². The lowest BCUT2D eigenvalue weighted by Crippen LogP contribution is -2.31. The molecular formula is C17H20N2O4. The van der Waals surface area contributed by atoms with Gasteiger partial charge in [0.2, 0.25) is 0 Å². The number of hydrogen-bond donors (Lipinski definition) is 1. The smallest absolute Gasteiger partial charge is 0.263 e. The van der Waals surface area contributed by atoms with Crippen LogP contribution in [-0.2, 0) is 17.8 Å². The molecule has 1 fully saturated rings. The van der Waals surface area contributed by atoms with E-state index in [1.165, 1.54) is 0 Å². The highest BCUT2D eigenvalue weighted by molar-refractivity contribution is 5.83. The molecule has 6 heteroatoms. The first-order valence-electron chi connectivity index (χ1n) is 7.76. The molecule has 0 radical (unpaired) electrons. The van der Waals surface area contributed by atoms with E-state index in [-0.39, 0.29) is 17.2 Å². The van der Waals surface area contributed by atoms with Crippen LogP contribution in [0.1, 0.15) is 34.7 Å². The molecule has 1 aliphatic heterocycles. The second kappa shape index (κ2) is 6.83. The summed E-state index contributed by atoms with van der Waals surface area (Å²) >= 11 is 0. The lowest BCUT2D eigenvalue weighted by molar-refractivity contribution is 0.0953. The van der Waals surface area contributed by atoms with Gasteiger partial charge in [-0.2, -0.15) is 0 Å². The van der Waals surface area contributed by atoms with Crippen molar-refractivity contribution in [3.63, 3.8) is 0 Å². The first-order valence-corrected chi connectivity index (χ1v) is 7.76. The average Bonchev–Trinajstić information content (AvgIpc) is 3.22. The number of pyridine rings is 1. The van der Waals surface area contributed by atoms with E-state index in [0.717, 1.165) is 30.9 Å². The lowest BCUT2D eigenvalue weighted by atomic mass is 10.1. The minimum absolute atomic E-state index is 0.0489. The molecule has 2 aromatic rings. The number of aromatic nitrogens is 1. The molecule has 6 nitrogen and oxygen atoms in total. The van der Waals surface area contributed by atoms with Crippen LogP contribution in [0.3, 0.4) is 0 Å². The van der Waals surface area contributed by atoms with Crippen molar-refractivity contribution >= 4 is 12.0 Å². The largest absolute Gasteiger partial charge is 0.467 e. The maximum Gasteiger partial charge on any atom is 0.263 e. The molecule has 3 rings (SSSR count). The van der Waals surface area contributed by atoms with Gasteiger partial charge < -0.3 is 19.0 Å². The fourth-order valence-corrected chi connectivity index (χ4v) is 2.86. The number of carbonyl (C=O) groups is 1. The van der Waals surface area contributed by atoms with Crippen molar-refractivity contribution < 1.29 is 13.9 Å². The third-order valence-electron chi connectivity index (χ3n) is 4.11. The Morgan fingerprint density at radius 1 is 1.48 bits per heavy atom. The molecule has 0 unspecified atom stereocenters. The average molecular weight is 316 g/mol. The number of carbonyl (C=O) groups excluding carboxylic acids is 1. The topological polar surface area (TPSA) is 73.5 Å². The molecule has 122 valence electrons. The van der Waals surface area contributed by atoms with Gasteiger partial charge in [0.15, 0.2) is 6.29 Å². The highest BCUT2D eigenvalue weighted by Crippen LogP contribution is 2.18. The minimum Gasteiger partial charge on any atom is -0.467 e. The minimum atomic E-state index is -0.280. The van der Waals surface area contributed by atoms with Gasteiger partial charge in [0.05, 0.1) is 31.1 Å². The Balaban J connectivity index is 1.85. The van der Waals surface area contributed by atoms with Crippen LogP contribution in [0.2, 0.25) is 0 Å². The Kier molecular flexibility index (Phi) is 4.62. The van der Waals surface area contributed by atoms with Crippen molar-refractivity contribution in [3.05, 3.63) is 51.8 Å². The normalized spacial score (nSPS) is 17.3. The van der Waals surface area contributed by atoms with Crippen LogP contribution >= 0.6 is 0 Å². The van der Waals surface area contributed by atoms with E-state index >= 15 is 0 Å². The monoisotopic (exact) mass is 316 g/mol. The van der Waals surface area contributed by atoms with Gasteiger partial charge in [0.1, 0.15) is 11.3 Å². The van der Waals surface area contributed by atoms with E-state index in [2.05, 4.69) is 5.32 Å². The highest BCUT2D eigenvalue weighted by atomic mass is 16.5. The molecule has 1 saturated heterocycles. The van der Waals surface area contributed by atoms with Crippen LogP contribution in [0.4, 0.5) is 5.69 Å². The molecule has 0 saturated carbocycles. The zero-order valence-corrected chi connectivity index (χ0v) is 13.1. The van der Waals surface area contributed by atoms with Gasteiger partial charge in [-0.05, 0) is 38.0 Å². The van der Waals surface area contributed by atoms with E-state index in [1.807, 2.05) is 19.1 Å². The number of aldehydes is 1. The molecule has 1 N–H and O–H groups in total. The molecule has 0 amide bonds. The van der Waals surface area contributed by atoms with Crippen molar-refractivity contribution in [2.24, 2.45) is 0 Å². The number of aryl methyl sites for hydroxylation is 1. The molecule has 0 bridgehead atoms. The predicted octanol–water partition coefficient (Wildman–Crippen LogP) is 2.35. The van der Waals surface area contributed by atoms with E-state index in [4.69, 9.17) is 9.15 Å². The maximum atomic E-state index is 12.6. The molecule has 0 aromatic carbocycles. The Morgan fingerprint density at radius 3 is 3.00 bits per heavy atom. The summed E-state index contributed by atoms with van der Waals surface area (Å²) in [6, 6.07) is 5.45. The predicted molar refractivity (Wildman–Crippen MR) is 85.8 cm³/mol. The van der Waals surface area contributed by atoms with Crippen LogP contribution in [0.15, 0.2) is 33.7 Å². The van der Waals surface area contributed by atoms with Crippen molar-refractivity contribution in [1.29, 1.82) is 0 Å². The molecule has 3 heterocycles. The maximum absolute atomic E-state index is 12.6. The first-order chi connectivity index (χ1) is 11.2. The van der Waals surface area contributed by atoms with E-state index in [1.54, 1.807) is 16.9 Å². The van der Waals surface area contributed by atoms with Crippen LogP contribution in [0.25, 0.3) is 0 Å². The fourth-order valence-electron chi connectivity index (χ4n) is 2.86. The van der Waals surface area contributed by atoms with Crippen molar-refractivity contribution in [1.82, 2.24) is 4.57 Å². The Bertz CT molecular complexity index is 728. The van der Waals surface area contributed by atoms with E-state index in [9.17, 15) is 9.59 Å². The van der Waals surface area contributed by atoms with Gasteiger partial charge in [-0.3, -0.25) is 9.59 Å². The molecule has 2 aromatic heterocycles. The number of anilines is 1. The quantitative estimate of drug-likeness (QED) is 0.828. The Hall–Kier alpha value is -2.34. The van der Waals surface area contributed by atoms with Gasteiger partial charge in [0.25, 0.3) is 5.56 Å². The summed E-state index contributed by atoms with van der Waals surface area (Å²) in [5.74, 6) is 0.739. The molecular weight excluding hydrogens is 296 g/mol. The van der Waals surface area contributed by atoms with Crippen LogP contribution in [0.5, 0.6) is 0 Å². The van der Waals surface area contributed by atoms with Crippen molar-refractivity contribution in [2.45, 2.75) is 39.0 Å². The summed E-state index contributed by atoms with van der Waals surface area (Å²) in [7, 11) is 0. The summed E-state index contributed by atoms with van der Waals surface area (Å²) < 4.78 is 12.5. The van der Waals surface area contributed by atoms with Gasteiger partial charge in [-0.15, -0.1) is 0 Å². The summed E-state index contributed by atoms with van der Waals surface area (Å²) in [4.78, 5) is 24.0. The Morgan fingerprint density at radius 2 is 2.35 bits per heavy atom. The van der Waals surface area contributed by atoms with Crippen LogP contribution < -0.4 is 10.9 Å². The first kappa shape index (κ1) is 15.6. The summed E-state index contributed by atoms with van der Waals surface area (Å²) in [6.45, 7) is 3.51. The van der Waals surface area contributed by atoms with E-state index < -0.39 is 0 Å². The zero-order valence-electron chi connectivity index (χ0n) is 13.1. The fraction of sp³-hybridized carbons (Fsp3) is 0.412. The molecule has 0 spiro atoms. The number of rotatable bonds is 6. The van der Waals surface area contributed by atoms with Gasteiger partial charge in [0, 0.05) is 12.3 Å². The number of nitrogens with one attached hydrogen (secondary N) is 1. The third kappa shape index (κ3) is 3.37. The zero-order chi connectivity index (χ0) is 16.2. The number of furan rings is 1. The molecule has 1 aliphatic rings. The van der Waals surface area contributed by atoms with Crippen LogP contribution in [0, 0.1) is 6.92 Å². The van der Waals surface area contributed by atoms with Crippen LogP contribution in [-0.4, -0.2) is 23.6 Å². The second-order valence-corrected chi connectivity index (χ2v) is 5.71. The summed E-state index contributed by atoms with van der Waals surface area (Å²) in [5, 5.41) is 3.10. The Labute approximate surface area is 134 Å². The molecule has 0 aliphatic carbocycles.